The highest BCUT2D eigenvalue weighted by Crippen LogP contribution is 2.20. The smallest absolute Gasteiger partial charge is 0.254 e. The molecule has 0 saturated carbocycles. The summed E-state index contributed by atoms with van der Waals surface area (Å²) in [6.07, 6.45) is 1.42. The molecule has 4 aromatic carbocycles. The fourth-order valence-electron chi connectivity index (χ4n) is 4.97. The molecule has 1 aromatic heterocycles. The molecule has 0 N–H and O–H groups in total. The van der Waals surface area contributed by atoms with Crippen LogP contribution in [0.5, 0.6) is 0 Å². The van der Waals surface area contributed by atoms with Crippen LogP contribution >= 0.6 is 0 Å². The molecule has 7 heteroatoms. The average Bonchev–Trinajstić information content (AvgIpc) is 3.04. The number of hydrogen-bond donors (Lipinski definition) is 0. The molecule has 0 bridgehead atoms. The van der Waals surface area contributed by atoms with Crippen LogP contribution in [-0.2, 0) is 22.6 Å². The zero-order chi connectivity index (χ0) is 30.2. The fourth-order valence-corrected chi connectivity index (χ4v) is 4.97. The lowest BCUT2D eigenvalue weighted by Gasteiger charge is -2.28. The number of nitrogens with zero attached hydrogens (tertiary/aromatic N) is 2. The van der Waals surface area contributed by atoms with Crippen molar-refractivity contribution >= 4 is 22.8 Å². The van der Waals surface area contributed by atoms with Crippen molar-refractivity contribution in [3.05, 3.63) is 142 Å². The second-order valence-corrected chi connectivity index (χ2v) is 10.5. The van der Waals surface area contributed by atoms with Crippen molar-refractivity contribution in [2.45, 2.75) is 20.0 Å². The lowest BCUT2D eigenvalue weighted by atomic mass is 10.0. The van der Waals surface area contributed by atoms with Gasteiger partial charge in [0.1, 0.15) is 12.1 Å². The summed E-state index contributed by atoms with van der Waals surface area (Å²) in [6, 6.07) is 32.3. The molecular formula is C36H34N2O5. The van der Waals surface area contributed by atoms with E-state index in [1.165, 1.54) is 11.2 Å². The molecule has 0 saturated heterocycles. The second-order valence-electron chi connectivity index (χ2n) is 10.5. The Balaban J connectivity index is 1.40. The summed E-state index contributed by atoms with van der Waals surface area (Å²) in [5.41, 5.74) is 5.06. The van der Waals surface area contributed by atoms with Gasteiger partial charge in [-0.2, -0.15) is 0 Å². The Bertz CT molecular complexity index is 1750. The molecule has 0 atom stereocenters. The Hall–Kier alpha value is -5.01. The number of fused-ring (bicyclic) bond motifs is 1. The SMILES string of the molecule is COCCN(CC(=O)N(Cc1ccccc1)Cc1coc2ccc(C)cc2c1=O)C(=O)c1ccc(-c2ccccc2)cc1. The van der Waals surface area contributed by atoms with Crippen molar-refractivity contribution in [1.82, 2.24) is 9.80 Å². The summed E-state index contributed by atoms with van der Waals surface area (Å²) in [7, 11) is 1.56. The minimum Gasteiger partial charge on any atom is -0.464 e. The molecule has 5 aromatic rings. The molecule has 0 radical (unpaired) electrons. The molecule has 218 valence electrons. The van der Waals surface area contributed by atoms with E-state index in [0.717, 1.165) is 22.3 Å². The van der Waals surface area contributed by atoms with Crippen LogP contribution in [0, 0.1) is 6.92 Å². The number of ether oxygens (including phenoxy) is 1. The van der Waals surface area contributed by atoms with Crippen molar-refractivity contribution in [1.29, 1.82) is 0 Å². The van der Waals surface area contributed by atoms with Crippen molar-refractivity contribution in [3.8, 4) is 11.1 Å². The zero-order valence-electron chi connectivity index (χ0n) is 24.4. The van der Waals surface area contributed by atoms with E-state index in [9.17, 15) is 14.4 Å². The molecule has 0 aliphatic rings. The summed E-state index contributed by atoms with van der Waals surface area (Å²) < 4.78 is 11.0. The second kappa shape index (κ2) is 13.8. The largest absolute Gasteiger partial charge is 0.464 e. The standard InChI is InChI=1S/C36H34N2O5/c1-26-13-18-33-32(21-26)35(40)31(25-43-33)23-38(22-27-9-5-3-6-10-27)34(39)24-37(19-20-42-2)36(41)30-16-14-29(15-17-30)28-11-7-4-8-12-28/h3-18,21,25H,19-20,22-24H2,1-2H3. The van der Waals surface area contributed by atoms with Gasteiger partial charge < -0.3 is 19.0 Å². The molecule has 5 rings (SSSR count). The topological polar surface area (TPSA) is 80.1 Å². The number of carbonyl (C=O) groups excluding carboxylic acids is 2. The van der Waals surface area contributed by atoms with Gasteiger partial charge in [0.2, 0.25) is 5.91 Å². The van der Waals surface area contributed by atoms with Crippen LogP contribution in [0.15, 0.2) is 119 Å². The first-order valence-corrected chi connectivity index (χ1v) is 14.2. The van der Waals surface area contributed by atoms with Crippen molar-refractivity contribution < 1.29 is 18.7 Å². The Morgan fingerprint density at radius 1 is 0.791 bits per heavy atom. The van der Waals surface area contributed by atoms with Gasteiger partial charge in [0.05, 0.1) is 30.4 Å². The van der Waals surface area contributed by atoms with Crippen LogP contribution < -0.4 is 5.43 Å². The number of aryl methyl sites for hydroxylation is 1. The van der Waals surface area contributed by atoms with Gasteiger partial charge in [-0.15, -0.1) is 0 Å². The van der Waals surface area contributed by atoms with E-state index in [4.69, 9.17) is 9.15 Å². The third kappa shape index (κ3) is 7.26. The van der Waals surface area contributed by atoms with Crippen molar-refractivity contribution in [3.63, 3.8) is 0 Å². The number of methoxy groups -OCH3 is 1. The van der Waals surface area contributed by atoms with E-state index < -0.39 is 0 Å². The minimum atomic E-state index is -0.294. The first-order valence-electron chi connectivity index (χ1n) is 14.2. The monoisotopic (exact) mass is 574 g/mol. The van der Waals surface area contributed by atoms with Crippen LogP contribution in [0.25, 0.3) is 22.1 Å². The Morgan fingerprint density at radius 3 is 2.16 bits per heavy atom. The molecule has 0 aliphatic heterocycles. The van der Waals surface area contributed by atoms with E-state index >= 15 is 0 Å². The van der Waals surface area contributed by atoms with Gasteiger partial charge in [-0.1, -0.05) is 84.4 Å². The minimum absolute atomic E-state index is 0.0397. The summed E-state index contributed by atoms with van der Waals surface area (Å²) >= 11 is 0. The number of amides is 2. The Kier molecular flexibility index (Phi) is 9.44. The molecule has 43 heavy (non-hydrogen) atoms. The quantitative estimate of drug-likeness (QED) is 0.191. The number of hydrogen-bond acceptors (Lipinski definition) is 5. The van der Waals surface area contributed by atoms with Crippen molar-refractivity contribution in [2.24, 2.45) is 0 Å². The first kappa shape index (κ1) is 29.5. The predicted molar refractivity (Wildman–Crippen MR) is 168 cm³/mol. The number of rotatable bonds is 11. The zero-order valence-corrected chi connectivity index (χ0v) is 24.4. The summed E-state index contributed by atoms with van der Waals surface area (Å²) in [5, 5.41) is 0.473. The normalized spacial score (nSPS) is 10.9. The average molecular weight is 575 g/mol. The van der Waals surface area contributed by atoms with Gasteiger partial charge in [-0.3, -0.25) is 14.4 Å². The maximum absolute atomic E-state index is 13.9. The van der Waals surface area contributed by atoms with E-state index in [2.05, 4.69) is 0 Å². The molecule has 2 amide bonds. The van der Waals surface area contributed by atoms with Gasteiger partial charge in [0.25, 0.3) is 5.91 Å². The molecule has 0 spiro atoms. The van der Waals surface area contributed by atoms with E-state index in [1.807, 2.05) is 85.8 Å². The van der Waals surface area contributed by atoms with E-state index in [1.54, 1.807) is 36.3 Å². The Morgan fingerprint density at radius 2 is 1.47 bits per heavy atom. The maximum atomic E-state index is 13.9. The summed E-state index contributed by atoms with van der Waals surface area (Å²) in [5.74, 6) is -0.566. The first-order chi connectivity index (χ1) is 20.9. The molecule has 0 unspecified atom stereocenters. The van der Waals surface area contributed by atoms with Crippen LogP contribution in [0.3, 0.4) is 0 Å². The van der Waals surface area contributed by atoms with Gasteiger partial charge in [-0.25, -0.2) is 0 Å². The van der Waals surface area contributed by atoms with Crippen LogP contribution in [-0.4, -0.2) is 48.4 Å². The lowest BCUT2D eigenvalue weighted by Crippen LogP contribution is -2.44. The number of benzene rings is 4. The van der Waals surface area contributed by atoms with Crippen molar-refractivity contribution in [2.75, 3.05) is 26.8 Å². The third-order valence-corrected chi connectivity index (χ3v) is 7.35. The van der Waals surface area contributed by atoms with Gasteiger partial charge in [0, 0.05) is 25.8 Å². The summed E-state index contributed by atoms with van der Waals surface area (Å²) in [4.78, 5) is 44.0. The maximum Gasteiger partial charge on any atom is 0.254 e. The van der Waals surface area contributed by atoms with E-state index in [0.29, 0.717) is 22.1 Å². The molecule has 0 fully saturated rings. The highest BCUT2D eigenvalue weighted by atomic mass is 16.5. The third-order valence-electron chi connectivity index (χ3n) is 7.35. The molecule has 0 aliphatic carbocycles. The predicted octanol–water partition coefficient (Wildman–Crippen LogP) is 6.09. The van der Waals surface area contributed by atoms with E-state index in [-0.39, 0.29) is 50.0 Å². The summed E-state index contributed by atoms with van der Waals surface area (Å²) in [6.45, 7) is 2.55. The Labute approximate surface area is 250 Å². The lowest BCUT2D eigenvalue weighted by molar-refractivity contribution is -0.133. The fraction of sp³-hybridized carbons (Fsp3) is 0.194. The van der Waals surface area contributed by atoms with Crippen LogP contribution in [0.2, 0.25) is 0 Å². The highest BCUT2D eigenvalue weighted by molar-refractivity contribution is 5.97. The molecule has 1 heterocycles. The number of carbonyl (C=O) groups is 2. The van der Waals surface area contributed by atoms with Gasteiger partial charge in [-0.05, 0) is 47.9 Å². The van der Waals surface area contributed by atoms with Crippen LogP contribution in [0.4, 0.5) is 0 Å². The van der Waals surface area contributed by atoms with Gasteiger partial charge >= 0.3 is 0 Å². The van der Waals surface area contributed by atoms with Gasteiger partial charge in [0.15, 0.2) is 5.43 Å². The molecule has 7 nitrogen and oxygen atoms in total. The highest BCUT2D eigenvalue weighted by Gasteiger charge is 2.24. The van der Waals surface area contributed by atoms with Crippen LogP contribution in [0.1, 0.15) is 27.0 Å². The molecular weight excluding hydrogens is 540 g/mol.